The zero-order valence-corrected chi connectivity index (χ0v) is 10.4. The Morgan fingerprint density at radius 3 is 3.00 bits per heavy atom. The third-order valence-electron chi connectivity index (χ3n) is 2.50. The van der Waals surface area contributed by atoms with Crippen molar-refractivity contribution in [2.24, 2.45) is 0 Å². The van der Waals surface area contributed by atoms with Crippen molar-refractivity contribution in [3.05, 3.63) is 35.5 Å². The number of esters is 1. The fourth-order valence-electron chi connectivity index (χ4n) is 1.71. The molecule has 0 aliphatic carbocycles. The Bertz CT molecular complexity index is 533. The lowest BCUT2D eigenvalue weighted by Crippen LogP contribution is -2.13. The van der Waals surface area contributed by atoms with Crippen molar-refractivity contribution in [2.45, 2.75) is 19.9 Å². The van der Waals surface area contributed by atoms with Crippen LogP contribution >= 0.6 is 11.6 Å². The maximum Gasteiger partial charge on any atom is 0.325 e. The molecule has 0 unspecified atom stereocenters. The molecular weight excluding hydrogens is 238 g/mol. The first kappa shape index (κ1) is 12.0. The van der Waals surface area contributed by atoms with Crippen LogP contribution in [-0.4, -0.2) is 17.1 Å². The fourth-order valence-corrected chi connectivity index (χ4v) is 1.89. The fraction of sp³-hybridized carbons (Fsp3) is 0.308. The van der Waals surface area contributed by atoms with E-state index in [0.29, 0.717) is 11.6 Å². The molecule has 0 bridgehead atoms. The van der Waals surface area contributed by atoms with E-state index < -0.39 is 0 Å². The van der Waals surface area contributed by atoms with E-state index >= 15 is 0 Å². The van der Waals surface area contributed by atoms with Gasteiger partial charge in [0, 0.05) is 22.1 Å². The van der Waals surface area contributed by atoms with Gasteiger partial charge in [0.25, 0.3) is 0 Å². The van der Waals surface area contributed by atoms with Gasteiger partial charge >= 0.3 is 5.97 Å². The number of halogens is 1. The first-order chi connectivity index (χ1) is 8.20. The monoisotopic (exact) mass is 251 g/mol. The van der Waals surface area contributed by atoms with Gasteiger partial charge in [-0.2, -0.15) is 0 Å². The van der Waals surface area contributed by atoms with Crippen LogP contribution in [0.4, 0.5) is 0 Å². The van der Waals surface area contributed by atoms with E-state index in [1.54, 1.807) is 0 Å². The van der Waals surface area contributed by atoms with E-state index in [9.17, 15) is 4.79 Å². The molecule has 0 saturated carbocycles. The Morgan fingerprint density at radius 1 is 1.41 bits per heavy atom. The van der Waals surface area contributed by atoms with E-state index in [-0.39, 0.29) is 12.5 Å². The highest BCUT2D eigenvalue weighted by Crippen LogP contribution is 2.20. The molecule has 90 valence electrons. The normalized spacial score (nSPS) is 10.7. The van der Waals surface area contributed by atoms with Crippen LogP contribution in [0.5, 0.6) is 0 Å². The van der Waals surface area contributed by atoms with Gasteiger partial charge < -0.3 is 9.30 Å². The first-order valence-electron chi connectivity index (χ1n) is 5.60. The highest BCUT2D eigenvalue weighted by molar-refractivity contribution is 6.31. The third kappa shape index (κ3) is 2.80. The van der Waals surface area contributed by atoms with Crippen LogP contribution in [-0.2, 0) is 16.1 Å². The standard InChI is InChI=1S/C13H14ClNO2/c1-2-7-17-13(16)9-15-6-5-10-8-11(14)3-4-12(10)15/h3-6,8H,2,7,9H2,1H3. The smallest absolute Gasteiger partial charge is 0.325 e. The summed E-state index contributed by atoms with van der Waals surface area (Å²) < 4.78 is 6.92. The highest BCUT2D eigenvalue weighted by atomic mass is 35.5. The number of hydrogen-bond acceptors (Lipinski definition) is 2. The van der Waals surface area contributed by atoms with Crippen LogP contribution in [0.25, 0.3) is 10.9 Å². The molecule has 2 aromatic rings. The second kappa shape index (κ2) is 5.23. The zero-order valence-electron chi connectivity index (χ0n) is 9.65. The molecule has 0 aliphatic rings. The Labute approximate surface area is 105 Å². The van der Waals surface area contributed by atoms with E-state index in [0.717, 1.165) is 17.3 Å². The molecular formula is C13H14ClNO2. The minimum Gasteiger partial charge on any atom is -0.464 e. The average Bonchev–Trinajstić information content (AvgIpc) is 2.69. The Balaban J connectivity index is 2.16. The summed E-state index contributed by atoms with van der Waals surface area (Å²) in [5, 5.41) is 1.73. The SMILES string of the molecule is CCCOC(=O)Cn1ccc2cc(Cl)ccc21. The molecule has 1 heterocycles. The first-order valence-corrected chi connectivity index (χ1v) is 5.98. The van der Waals surface area contributed by atoms with Gasteiger partial charge in [-0.05, 0) is 30.7 Å². The van der Waals surface area contributed by atoms with Crippen molar-refractivity contribution < 1.29 is 9.53 Å². The second-order valence-electron chi connectivity index (χ2n) is 3.87. The summed E-state index contributed by atoms with van der Waals surface area (Å²) >= 11 is 5.90. The molecule has 0 amide bonds. The molecule has 3 nitrogen and oxygen atoms in total. The Hall–Kier alpha value is -1.48. The van der Waals surface area contributed by atoms with Gasteiger partial charge in [-0.25, -0.2) is 0 Å². The molecule has 0 aliphatic heterocycles. The molecule has 0 atom stereocenters. The van der Waals surface area contributed by atoms with Crippen molar-refractivity contribution in [1.29, 1.82) is 0 Å². The van der Waals surface area contributed by atoms with E-state index in [4.69, 9.17) is 16.3 Å². The third-order valence-corrected chi connectivity index (χ3v) is 2.73. The van der Waals surface area contributed by atoms with Crippen LogP contribution in [0.2, 0.25) is 5.02 Å². The highest BCUT2D eigenvalue weighted by Gasteiger charge is 2.07. The number of aromatic nitrogens is 1. The number of rotatable bonds is 4. The lowest BCUT2D eigenvalue weighted by molar-refractivity contribution is -0.144. The number of carbonyl (C=O) groups excluding carboxylic acids is 1. The summed E-state index contributed by atoms with van der Waals surface area (Å²) in [5.74, 6) is -0.209. The van der Waals surface area contributed by atoms with E-state index in [1.807, 2.05) is 42.0 Å². The Morgan fingerprint density at radius 2 is 2.24 bits per heavy atom. The number of ether oxygens (including phenoxy) is 1. The second-order valence-corrected chi connectivity index (χ2v) is 4.30. The number of nitrogens with zero attached hydrogens (tertiary/aromatic N) is 1. The van der Waals surface area contributed by atoms with Gasteiger partial charge in [0.15, 0.2) is 0 Å². The van der Waals surface area contributed by atoms with Crippen molar-refractivity contribution in [3.8, 4) is 0 Å². The van der Waals surface area contributed by atoms with Crippen molar-refractivity contribution in [3.63, 3.8) is 0 Å². The van der Waals surface area contributed by atoms with Gasteiger partial charge in [-0.15, -0.1) is 0 Å². The summed E-state index contributed by atoms with van der Waals surface area (Å²) in [6.07, 6.45) is 2.71. The van der Waals surface area contributed by atoms with Gasteiger partial charge in [0.05, 0.1) is 6.61 Å². The Kier molecular flexibility index (Phi) is 3.69. The van der Waals surface area contributed by atoms with Gasteiger partial charge in [0.2, 0.25) is 0 Å². The van der Waals surface area contributed by atoms with Gasteiger partial charge in [0.1, 0.15) is 6.54 Å². The summed E-state index contributed by atoms with van der Waals surface area (Å²) in [7, 11) is 0. The van der Waals surface area contributed by atoms with Crippen molar-refractivity contribution >= 4 is 28.5 Å². The van der Waals surface area contributed by atoms with Crippen LogP contribution in [0.15, 0.2) is 30.5 Å². The summed E-state index contributed by atoms with van der Waals surface area (Å²) in [5.41, 5.74) is 0.989. The largest absolute Gasteiger partial charge is 0.464 e. The lowest BCUT2D eigenvalue weighted by Gasteiger charge is -2.05. The number of fused-ring (bicyclic) bond motifs is 1. The predicted molar refractivity (Wildman–Crippen MR) is 68.2 cm³/mol. The molecule has 2 rings (SSSR count). The number of benzene rings is 1. The molecule has 1 aromatic heterocycles. The molecule has 0 N–H and O–H groups in total. The number of carbonyl (C=O) groups is 1. The quantitative estimate of drug-likeness (QED) is 0.781. The average molecular weight is 252 g/mol. The minimum absolute atomic E-state index is 0.209. The molecule has 0 saturated heterocycles. The van der Waals surface area contributed by atoms with Gasteiger partial charge in [-0.1, -0.05) is 18.5 Å². The van der Waals surface area contributed by atoms with Crippen LogP contribution in [0.1, 0.15) is 13.3 Å². The summed E-state index contributed by atoms with van der Waals surface area (Å²) in [4.78, 5) is 11.5. The summed E-state index contributed by atoms with van der Waals surface area (Å²) in [6.45, 7) is 2.69. The van der Waals surface area contributed by atoms with Crippen LogP contribution in [0.3, 0.4) is 0 Å². The van der Waals surface area contributed by atoms with Crippen molar-refractivity contribution in [2.75, 3.05) is 6.61 Å². The maximum atomic E-state index is 11.5. The number of hydrogen-bond donors (Lipinski definition) is 0. The van der Waals surface area contributed by atoms with Crippen LogP contribution in [0, 0.1) is 0 Å². The maximum absolute atomic E-state index is 11.5. The minimum atomic E-state index is -0.209. The zero-order chi connectivity index (χ0) is 12.3. The summed E-state index contributed by atoms with van der Waals surface area (Å²) in [6, 6.07) is 7.54. The van der Waals surface area contributed by atoms with Crippen molar-refractivity contribution in [1.82, 2.24) is 4.57 Å². The topological polar surface area (TPSA) is 31.2 Å². The van der Waals surface area contributed by atoms with Crippen LogP contribution < -0.4 is 0 Å². The molecule has 0 spiro atoms. The molecule has 1 aromatic carbocycles. The van der Waals surface area contributed by atoms with E-state index in [1.165, 1.54) is 0 Å². The molecule has 0 radical (unpaired) electrons. The predicted octanol–water partition coefficient (Wildman–Crippen LogP) is 3.25. The lowest BCUT2D eigenvalue weighted by atomic mass is 10.2. The van der Waals surface area contributed by atoms with E-state index in [2.05, 4.69) is 0 Å². The molecule has 4 heteroatoms. The molecule has 0 fully saturated rings. The molecule has 17 heavy (non-hydrogen) atoms. The van der Waals surface area contributed by atoms with Gasteiger partial charge in [-0.3, -0.25) is 4.79 Å².